The number of nitrogens with two attached hydrogens (primary N) is 1. The molecule has 1 aliphatic carbocycles. The minimum Gasteiger partial charge on any atom is -0.504 e. The predicted octanol–water partition coefficient (Wildman–Crippen LogP) is 4.08. The lowest BCUT2D eigenvalue weighted by Crippen LogP contribution is -1.95. The standard InChI is InChI=1S/C21H20N4O/c1-13-3-2-4-15(7-5-13)19-21(26)20(24-12-23-19)18-10-16-9-14(11-22)6-8-17(16)25-18/h2-6,8-10,12,25-26H,7,11,22H2,1H3. The summed E-state index contributed by atoms with van der Waals surface area (Å²) in [7, 11) is 0. The predicted molar refractivity (Wildman–Crippen MR) is 104 cm³/mol. The number of benzene rings is 1. The van der Waals surface area contributed by atoms with Crippen molar-refractivity contribution in [1.29, 1.82) is 0 Å². The van der Waals surface area contributed by atoms with E-state index in [1.807, 2.05) is 42.5 Å². The highest BCUT2D eigenvalue weighted by molar-refractivity contribution is 5.87. The summed E-state index contributed by atoms with van der Waals surface area (Å²) in [6.45, 7) is 2.55. The molecule has 0 radical (unpaired) electrons. The van der Waals surface area contributed by atoms with Crippen LogP contribution in [0, 0.1) is 0 Å². The van der Waals surface area contributed by atoms with Gasteiger partial charge in [0.2, 0.25) is 0 Å². The van der Waals surface area contributed by atoms with Crippen molar-refractivity contribution >= 4 is 16.5 Å². The highest BCUT2D eigenvalue weighted by atomic mass is 16.3. The van der Waals surface area contributed by atoms with E-state index in [-0.39, 0.29) is 5.75 Å². The zero-order valence-electron chi connectivity index (χ0n) is 14.5. The van der Waals surface area contributed by atoms with E-state index in [1.165, 1.54) is 11.9 Å². The third kappa shape index (κ3) is 2.93. The average molecular weight is 344 g/mol. The van der Waals surface area contributed by atoms with Crippen LogP contribution in [-0.2, 0) is 6.54 Å². The van der Waals surface area contributed by atoms with Gasteiger partial charge >= 0.3 is 0 Å². The van der Waals surface area contributed by atoms with E-state index in [2.05, 4.69) is 28.0 Å². The van der Waals surface area contributed by atoms with Crippen molar-refractivity contribution in [2.45, 2.75) is 19.9 Å². The SMILES string of the molecule is CC1=CCC(c2ncnc(-c3cc4cc(CN)ccc4[nH]3)c2O)=CC=C1. The number of aromatic amines is 1. The Kier molecular flexibility index (Phi) is 4.14. The van der Waals surface area contributed by atoms with Gasteiger partial charge in [-0.3, -0.25) is 0 Å². The van der Waals surface area contributed by atoms with Crippen molar-refractivity contribution in [3.05, 3.63) is 71.7 Å². The summed E-state index contributed by atoms with van der Waals surface area (Å²) in [5, 5.41) is 11.9. The largest absolute Gasteiger partial charge is 0.504 e. The smallest absolute Gasteiger partial charge is 0.169 e. The Bertz CT molecular complexity index is 1070. The molecule has 2 heterocycles. The molecule has 2 aromatic heterocycles. The maximum atomic E-state index is 10.8. The van der Waals surface area contributed by atoms with Gasteiger partial charge < -0.3 is 15.8 Å². The first-order chi connectivity index (χ1) is 12.7. The molecule has 1 aliphatic rings. The lowest BCUT2D eigenvalue weighted by atomic mass is 10.1. The average Bonchev–Trinajstić information content (AvgIpc) is 2.95. The van der Waals surface area contributed by atoms with Gasteiger partial charge in [-0.2, -0.15) is 0 Å². The van der Waals surface area contributed by atoms with Gasteiger partial charge in [-0.05, 0) is 42.7 Å². The Morgan fingerprint density at radius 3 is 2.88 bits per heavy atom. The van der Waals surface area contributed by atoms with Crippen molar-refractivity contribution in [3.8, 4) is 17.1 Å². The van der Waals surface area contributed by atoms with Crippen LogP contribution in [0.3, 0.4) is 0 Å². The molecule has 4 rings (SSSR count). The summed E-state index contributed by atoms with van der Waals surface area (Å²) in [4.78, 5) is 11.9. The van der Waals surface area contributed by atoms with E-state index >= 15 is 0 Å². The van der Waals surface area contributed by atoms with Gasteiger partial charge in [0.25, 0.3) is 0 Å². The molecule has 5 heteroatoms. The summed E-state index contributed by atoms with van der Waals surface area (Å²) in [5.41, 5.74) is 11.7. The summed E-state index contributed by atoms with van der Waals surface area (Å²) >= 11 is 0. The number of H-pyrrole nitrogens is 1. The van der Waals surface area contributed by atoms with Crippen molar-refractivity contribution in [2.75, 3.05) is 0 Å². The maximum absolute atomic E-state index is 10.8. The summed E-state index contributed by atoms with van der Waals surface area (Å²) < 4.78 is 0. The van der Waals surface area contributed by atoms with Crippen LogP contribution in [0.5, 0.6) is 5.75 Å². The highest BCUT2D eigenvalue weighted by Gasteiger charge is 2.17. The number of rotatable bonds is 3. The van der Waals surface area contributed by atoms with E-state index < -0.39 is 0 Å². The van der Waals surface area contributed by atoms with Gasteiger partial charge in [-0.25, -0.2) is 9.97 Å². The van der Waals surface area contributed by atoms with Gasteiger partial charge in [0.05, 0.1) is 5.69 Å². The van der Waals surface area contributed by atoms with Gasteiger partial charge in [0.1, 0.15) is 17.7 Å². The number of aromatic hydroxyl groups is 1. The summed E-state index contributed by atoms with van der Waals surface area (Å²) in [6.07, 6.45) is 10.3. The number of hydrogen-bond donors (Lipinski definition) is 3. The van der Waals surface area contributed by atoms with E-state index in [4.69, 9.17) is 5.73 Å². The molecule has 0 atom stereocenters. The van der Waals surface area contributed by atoms with Crippen LogP contribution in [-0.4, -0.2) is 20.1 Å². The fourth-order valence-corrected chi connectivity index (χ4v) is 3.15. The molecule has 0 saturated heterocycles. The lowest BCUT2D eigenvalue weighted by molar-refractivity contribution is 0.469. The topological polar surface area (TPSA) is 87.8 Å². The Labute approximate surface area is 151 Å². The molecule has 0 amide bonds. The number of fused-ring (bicyclic) bond motifs is 1. The van der Waals surface area contributed by atoms with Crippen molar-refractivity contribution < 1.29 is 5.11 Å². The van der Waals surface area contributed by atoms with Crippen LogP contribution < -0.4 is 5.73 Å². The van der Waals surface area contributed by atoms with E-state index in [9.17, 15) is 5.11 Å². The molecule has 130 valence electrons. The molecule has 0 spiro atoms. The second-order valence-corrected chi connectivity index (χ2v) is 6.43. The normalized spacial score (nSPS) is 14.2. The number of aromatic nitrogens is 3. The zero-order chi connectivity index (χ0) is 18.1. The van der Waals surface area contributed by atoms with E-state index in [1.54, 1.807) is 0 Å². The van der Waals surface area contributed by atoms with Crippen LogP contribution in [0.2, 0.25) is 0 Å². The molecular weight excluding hydrogens is 324 g/mol. The van der Waals surface area contributed by atoms with Crippen molar-refractivity contribution in [3.63, 3.8) is 0 Å². The molecule has 4 N–H and O–H groups in total. The highest BCUT2D eigenvalue weighted by Crippen LogP contribution is 2.35. The molecule has 0 saturated carbocycles. The van der Waals surface area contributed by atoms with Crippen molar-refractivity contribution in [2.24, 2.45) is 5.73 Å². The van der Waals surface area contributed by atoms with Crippen LogP contribution in [0.1, 0.15) is 24.6 Å². The molecule has 26 heavy (non-hydrogen) atoms. The second kappa shape index (κ2) is 6.61. The summed E-state index contributed by atoms with van der Waals surface area (Å²) in [6, 6.07) is 8.00. The molecule has 3 aromatic rings. The minimum atomic E-state index is 0.0886. The third-order valence-corrected chi connectivity index (χ3v) is 4.60. The summed E-state index contributed by atoms with van der Waals surface area (Å²) in [5.74, 6) is 0.0886. The molecule has 5 nitrogen and oxygen atoms in total. The third-order valence-electron chi connectivity index (χ3n) is 4.60. The molecule has 0 fully saturated rings. The molecule has 0 aliphatic heterocycles. The number of nitrogens with zero attached hydrogens (tertiary/aromatic N) is 2. The Morgan fingerprint density at radius 1 is 1.19 bits per heavy atom. The zero-order valence-corrected chi connectivity index (χ0v) is 14.5. The molecule has 0 bridgehead atoms. The number of hydrogen-bond acceptors (Lipinski definition) is 4. The fraction of sp³-hybridized carbons (Fsp3) is 0.143. The first-order valence-corrected chi connectivity index (χ1v) is 8.56. The van der Waals surface area contributed by atoms with Crippen LogP contribution >= 0.6 is 0 Å². The quantitative estimate of drug-likeness (QED) is 0.668. The lowest BCUT2D eigenvalue weighted by Gasteiger charge is -2.08. The number of nitrogens with one attached hydrogen (secondary N) is 1. The van der Waals surface area contributed by atoms with Gasteiger partial charge in [-0.15, -0.1) is 0 Å². The molecular formula is C21H20N4O. The molecule has 0 unspecified atom stereocenters. The Morgan fingerprint density at radius 2 is 2.04 bits per heavy atom. The van der Waals surface area contributed by atoms with Crippen LogP contribution in [0.4, 0.5) is 0 Å². The maximum Gasteiger partial charge on any atom is 0.169 e. The van der Waals surface area contributed by atoms with Crippen molar-refractivity contribution in [1.82, 2.24) is 15.0 Å². The fourth-order valence-electron chi connectivity index (χ4n) is 3.15. The Balaban J connectivity index is 1.79. The first-order valence-electron chi connectivity index (χ1n) is 8.56. The Hall–Kier alpha value is -3.18. The minimum absolute atomic E-state index is 0.0886. The number of allylic oxidation sites excluding steroid dienone is 6. The van der Waals surface area contributed by atoms with Gasteiger partial charge in [-0.1, -0.05) is 35.9 Å². The van der Waals surface area contributed by atoms with Crippen LogP contribution in [0.15, 0.2) is 60.5 Å². The van der Waals surface area contributed by atoms with Gasteiger partial charge in [0.15, 0.2) is 5.75 Å². The van der Waals surface area contributed by atoms with E-state index in [0.29, 0.717) is 17.9 Å². The molecule has 1 aromatic carbocycles. The van der Waals surface area contributed by atoms with Crippen LogP contribution in [0.25, 0.3) is 27.9 Å². The first kappa shape index (κ1) is 16.3. The monoisotopic (exact) mass is 344 g/mol. The second-order valence-electron chi connectivity index (χ2n) is 6.43. The van der Waals surface area contributed by atoms with Gasteiger partial charge in [0, 0.05) is 17.4 Å². The van der Waals surface area contributed by atoms with E-state index in [0.717, 1.165) is 34.2 Å².